The first-order valence-electron chi connectivity index (χ1n) is 6.67. The van der Waals surface area contributed by atoms with Crippen LogP contribution >= 0.6 is 12.4 Å². The van der Waals surface area contributed by atoms with Crippen molar-refractivity contribution in [1.29, 1.82) is 0 Å². The number of carbonyl (C=O) groups is 1. The smallest absolute Gasteiger partial charge is 0.222 e. The summed E-state index contributed by atoms with van der Waals surface area (Å²) < 4.78 is 4.98. The standard InChI is InChI=1S/C13H26N2O2.ClH/c1-15(10-3-11-17-2)13(16)5-4-12-6-8-14-9-7-12;/h12,14H,3-11H2,1-2H3;1H. The molecule has 0 spiro atoms. The average molecular weight is 279 g/mol. The molecule has 1 aliphatic heterocycles. The van der Waals surface area contributed by atoms with Crippen molar-refractivity contribution in [2.45, 2.75) is 32.1 Å². The fraction of sp³-hybridized carbons (Fsp3) is 0.923. The van der Waals surface area contributed by atoms with Crippen molar-refractivity contribution < 1.29 is 9.53 Å². The first-order chi connectivity index (χ1) is 8.24. The van der Waals surface area contributed by atoms with Gasteiger partial charge in [-0.15, -0.1) is 12.4 Å². The Labute approximate surface area is 117 Å². The van der Waals surface area contributed by atoms with Crippen LogP contribution in [0.1, 0.15) is 32.1 Å². The van der Waals surface area contributed by atoms with Crippen molar-refractivity contribution in [3.05, 3.63) is 0 Å². The van der Waals surface area contributed by atoms with Crippen molar-refractivity contribution in [2.24, 2.45) is 5.92 Å². The van der Waals surface area contributed by atoms with Gasteiger partial charge in [-0.25, -0.2) is 0 Å². The Bertz CT molecular complexity index is 221. The van der Waals surface area contributed by atoms with Gasteiger partial charge < -0.3 is 15.0 Å². The largest absolute Gasteiger partial charge is 0.385 e. The van der Waals surface area contributed by atoms with E-state index in [1.807, 2.05) is 11.9 Å². The zero-order chi connectivity index (χ0) is 12.5. The molecule has 1 amide bonds. The molecule has 0 aromatic heterocycles. The molecule has 0 saturated carbocycles. The van der Waals surface area contributed by atoms with Gasteiger partial charge in [0, 0.05) is 33.7 Å². The number of halogens is 1. The summed E-state index contributed by atoms with van der Waals surface area (Å²) in [6, 6.07) is 0. The Morgan fingerprint density at radius 2 is 2.06 bits per heavy atom. The monoisotopic (exact) mass is 278 g/mol. The van der Waals surface area contributed by atoms with E-state index in [4.69, 9.17) is 4.74 Å². The van der Waals surface area contributed by atoms with Crippen LogP contribution in [-0.2, 0) is 9.53 Å². The molecule has 108 valence electrons. The van der Waals surface area contributed by atoms with Crippen LogP contribution in [-0.4, -0.2) is 51.2 Å². The molecule has 0 radical (unpaired) electrons. The molecular formula is C13H27ClN2O2. The van der Waals surface area contributed by atoms with Crippen LogP contribution in [0.4, 0.5) is 0 Å². The SMILES string of the molecule is COCCCN(C)C(=O)CCC1CCNCC1.Cl. The van der Waals surface area contributed by atoms with Gasteiger partial charge in [0.2, 0.25) is 5.91 Å². The molecule has 0 atom stereocenters. The second-order valence-electron chi connectivity index (χ2n) is 4.89. The molecule has 5 heteroatoms. The molecule has 1 heterocycles. The molecule has 0 aromatic carbocycles. The maximum Gasteiger partial charge on any atom is 0.222 e. The third-order valence-electron chi connectivity index (χ3n) is 3.49. The maximum absolute atomic E-state index is 11.8. The van der Waals surface area contributed by atoms with Crippen molar-refractivity contribution in [2.75, 3.05) is 40.4 Å². The lowest BCUT2D eigenvalue weighted by atomic mass is 9.93. The fourth-order valence-corrected chi connectivity index (χ4v) is 2.26. The summed E-state index contributed by atoms with van der Waals surface area (Å²) in [7, 11) is 3.58. The van der Waals surface area contributed by atoms with Gasteiger partial charge in [0.15, 0.2) is 0 Å². The van der Waals surface area contributed by atoms with E-state index in [0.717, 1.165) is 45.0 Å². The number of rotatable bonds is 7. The molecule has 4 nitrogen and oxygen atoms in total. The maximum atomic E-state index is 11.8. The van der Waals surface area contributed by atoms with E-state index in [1.54, 1.807) is 7.11 Å². The lowest BCUT2D eigenvalue weighted by Crippen LogP contribution is -2.31. The topological polar surface area (TPSA) is 41.6 Å². The van der Waals surface area contributed by atoms with E-state index >= 15 is 0 Å². The molecule has 0 bridgehead atoms. The molecule has 1 aliphatic rings. The molecule has 1 fully saturated rings. The third kappa shape index (κ3) is 7.19. The zero-order valence-electron chi connectivity index (χ0n) is 11.6. The minimum atomic E-state index is 0. The van der Waals surface area contributed by atoms with Gasteiger partial charge in [0.1, 0.15) is 0 Å². The Morgan fingerprint density at radius 1 is 1.39 bits per heavy atom. The second-order valence-corrected chi connectivity index (χ2v) is 4.89. The van der Waals surface area contributed by atoms with Gasteiger partial charge in [-0.1, -0.05) is 0 Å². The number of ether oxygens (including phenoxy) is 1. The lowest BCUT2D eigenvalue weighted by Gasteiger charge is -2.23. The number of carbonyl (C=O) groups excluding carboxylic acids is 1. The molecule has 0 aromatic rings. The number of piperidine rings is 1. The highest BCUT2D eigenvalue weighted by Gasteiger charge is 2.15. The summed E-state index contributed by atoms with van der Waals surface area (Å²) in [6.07, 6.45) is 5.12. The van der Waals surface area contributed by atoms with Gasteiger partial charge in [-0.05, 0) is 44.7 Å². The van der Waals surface area contributed by atoms with E-state index in [1.165, 1.54) is 12.8 Å². The van der Waals surface area contributed by atoms with Crippen molar-refractivity contribution in [3.8, 4) is 0 Å². The summed E-state index contributed by atoms with van der Waals surface area (Å²) in [5.74, 6) is 1.02. The summed E-state index contributed by atoms with van der Waals surface area (Å²) in [6.45, 7) is 3.76. The van der Waals surface area contributed by atoms with Crippen molar-refractivity contribution in [3.63, 3.8) is 0 Å². The van der Waals surface area contributed by atoms with E-state index in [9.17, 15) is 4.79 Å². The average Bonchev–Trinajstić information content (AvgIpc) is 2.37. The van der Waals surface area contributed by atoms with Gasteiger partial charge in [0.25, 0.3) is 0 Å². The quantitative estimate of drug-likeness (QED) is 0.721. The highest BCUT2D eigenvalue weighted by Crippen LogP contribution is 2.18. The minimum absolute atomic E-state index is 0. The van der Waals surface area contributed by atoms with E-state index in [-0.39, 0.29) is 18.3 Å². The predicted molar refractivity (Wildman–Crippen MR) is 76.2 cm³/mol. The van der Waals surface area contributed by atoms with Gasteiger partial charge in [0.05, 0.1) is 0 Å². The Morgan fingerprint density at radius 3 is 2.67 bits per heavy atom. The molecule has 0 aliphatic carbocycles. The number of methoxy groups -OCH3 is 1. The highest BCUT2D eigenvalue weighted by atomic mass is 35.5. The number of nitrogens with one attached hydrogen (secondary N) is 1. The summed E-state index contributed by atoms with van der Waals surface area (Å²) in [5, 5.41) is 3.35. The van der Waals surface area contributed by atoms with Crippen LogP contribution in [0.15, 0.2) is 0 Å². The molecular weight excluding hydrogens is 252 g/mol. The van der Waals surface area contributed by atoms with Crippen LogP contribution in [0.3, 0.4) is 0 Å². The van der Waals surface area contributed by atoms with Gasteiger partial charge in [-0.2, -0.15) is 0 Å². The molecule has 0 unspecified atom stereocenters. The zero-order valence-corrected chi connectivity index (χ0v) is 12.4. The lowest BCUT2D eigenvalue weighted by molar-refractivity contribution is -0.130. The normalized spacial score (nSPS) is 16.1. The Kier molecular flexibility index (Phi) is 10.4. The molecule has 1 saturated heterocycles. The van der Waals surface area contributed by atoms with E-state index in [0.29, 0.717) is 6.42 Å². The van der Waals surface area contributed by atoms with E-state index < -0.39 is 0 Å². The molecule has 1 rings (SSSR count). The Hall–Kier alpha value is -0.320. The van der Waals surface area contributed by atoms with Crippen molar-refractivity contribution in [1.82, 2.24) is 10.2 Å². The van der Waals surface area contributed by atoms with Crippen LogP contribution in [0.5, 0.6) is 0 Å². The summed E-state index contributed by atoms with van der Waals surface area (Å²) in [5.41, 5.74) is 0. The van der Waals surface area contributed by atoms with Crippen molar-refractivity contribution >= 4 is 18.3 Å². The third-order valence-corrected chi connectivity index (χ3v) is 3.49. The predicted octanol–water partition coefficient (Wildman–Crippen LogP) is 1.68. The first kappa shape index (κ1) is 17.7. The van der Waals surface area contributed by atoms with Crippen LogP contribution in [0.2, 0.25) is 0 Å². The Balaban J connectivity index is 0.00000289. The van der Waals surface area contributed by atoms with Gasteiger partial charge in [-0.3, -0.25) is 4.79 Å². The number of hydrogen-bond donors (Lipinski definition) is 1. The van der Waals surface area contributed by atoms with Gasteiger partial charge >= 0.3 is 0 Å². The number of hydrogen-bond acceptors (Lipinski definition) is 3. The van der Waals surface area contributed by atoms with Crippen LogP contribution in [0.25, 0.3) is 0 Å². The minimum Gasteiger partial charge on any atom is -0.385 e. The summed E-state index contributed by atoms with van der Waals surface area (Å²) >= 11 is 0. The van der Waals surface area contributed by atoms with E-state index in [2.05, 4.69) is 5.32 Å². The fourth-order valence-electron chi connectivity index (χ4n) is 2.26. The first-order valence-corrected chi connectivity index (χ1v) is 6.67. The number of amides is 1. The van der Waals surface area contributed by atoms with Crippen LogP contribution in [0, 0.1) is 5.92 Å². The second kappa shape index (κ2) is 10.6. The highest BCUT2D eigenvalue weighted by molar-refractivity contribution is 5.85. The summed E-state index contributed by atoms with van der Waals surface area (Å²) in [4.78, 5) is 13.7. The number of nitrogens with zero attached hydrogens (tertiary/aromatic N) is 1. The molecule has 1 N–H and O–H groups in total. The van der Waals surface area contributed by atoms with Crippen LogP contribution < -0.4 is 5.32 Å². The molecule has 18 heavy (non-hydrogen) atoms.